The second-order valence-electron chi connectivity index (χ2n) is 11.9. The molecule has 0 aliphatic carbocycles. The van der Waals surface area contributed by atoms with Crippen molar-refractivity contribution in [1.82, 2.24) is 10.6 Å². The van der Waals surface area contributed by atoms with Gasteiger partial charge >= 0.3 is 0 Å². The fourth-order valence-electron chi connectivity index (χ4n) is 5.85. The van der Waals surface area contributed by atoms with E-state index in [2.05, 4.69) is 28.1 Å². The topological polar surface area (TPSA) is 152 Å². The van der Waals surface area contributed by atoms with Crippen LogP contribution in [0, 0.1) is 5.92 Å². The number of anilines is 2. The average Bonchev–Trinajstić information content (AvgIpc) is 3.38. The van der Waals surface area contributed by atoms with Gasteiger partial charge in [0.25, 0.3) is 0 Å². The molecule has 2 aliphatic rings. The molecule has 0 aromatic heterocycles. The number of nitrogen functional groups attached to an aromatic ring is 1. The number of fused-ring (bicyclic) bond motifs is 6. The van der Waals surface area contributed by atoms with Crippen molar-refractivity contribution in [2.75, 3.05) is 23.1 Å². The summed E-state index contributed by atoms with van der Waals surface area (Å²) in [6.07, 6.45) is 1.38. The summed E-state index contributed by atoms with van der Waals surface area (Å²) in [7, 11) is 0. The monoisotopic (exact) mass is 632 g/mol. The number of aliphatic hydroxyl groups excluding tert-OH is 1. The van der Waals surface area contributed by atoms with E-state index in [1.54, 1.807) is 30.0 Å². The molecule has 10 nitrogen and oxygen atoms in total. The molecular formula is C34H40N4O6S. The number of rotatable bonds is 11. The Bertz CT molecular complexity index is 1590. The van der Waals surface area contributed by atoms with Crippen molar-refractivity contribution in [1.29, 1.82) is 0 Å². The average molecular weight is 633 g/mol. The molecule has 0 bridgehead atoms. The van der Waals surface area contributed by atoms with E-state index in [0.717, 1.165) is 22.3 Å². The van der Waals surface area contributed by atoms with E-state index < -0.39 is 41.5 Å². The van der Waals surface area contributed by atoms with Crippen molar-refractivity contribution < 1.29 is 29.0 Å². The molecule has 3 amide bonds. The number of nitrogens with two attached hydrogens (primary N) is 1. The molecule has 0 radical (unpaired) electrons. The lowest BCUT2D eigenvalue weighted by atomic mass is 9.77. The molecule has 5 rings (SSSR count). The number of hydrogen-bond acceptors (Lipinski definition) is 8. The van der Waals surface area contributed by atoms with Crippen molar-refractivity contribution in [2.24, 2.45) is 5.92 Å². The number of aliphatic hydroxyl groups is 1. The van der Waals surface area contributed by atoms with Gasteiger partial charge in [-0.2, -0.15) is 11.8 Å². The summed E-state index contributed by atoms with van der Waals surface area (Å²) in [4.78, 5) is 39.1. The van der Waals surface area contributed by atoms with Crippen molar-refractivity contribution in [3.8, 4) is 11.5 Å². The fraction of sp³-hybridized carbons (Fsp3) is 0.382. The van der Waals surface area contributed by atoms with Crippen molar-refractivity contribution in [3.63, 3.8) is 0 Å². The Morgan fingerprint density at radius 1 is 0.911 bits per heavy atom. The molecule has 1 spiro atoms. The first-order chi connectivity index (χ1) is 21.5. The fourth-order valence-corrected chi connectivity index (χ4v) is 6.33. The summed E-state index contributed by atoms with van der Waals surface area (Å²) >= 11 is 1.55. The lowest BCUT2D eigenvalue weighted by molar-refractivity contribution is -0.134. The molecule has 0 fully saturated rings. The molecule has 11 heteroatoms. The molecule has 45 heavy (non-hydrogen) atoms. The Hall–Kier alpha value is -4.06. The maximum Gasteiger partial charge on any atom is 0.249 e. The maximum atomic E-state index is 13.6. The van der Waals surface area contributed by atoms with E-state index in [0.29, 0.717) is 48.1 Å². The van der Waals surface area contributed by atoms with Crippen LogP contribution < -0.4 is 26.4 Å². The van der Waals surface area contributed by atoms with Crippen molar-refractivity contribution in [3.05, 3.63) is 82.9 Å². The zero-order valence-electron chi connectivity index (χ0n) is 25.9. The summed E-state index contributed by atoms with van der Waals surface area (Å²) in [5.74, 6) is 0.265. The Kier molecular flexibility index (Phi) is 9.71. The van der Waals surface area contributed by atoms with E-state index in [9.17, 15) is 19.5 Å². The van der Waals surface area contributed by atoms with Gasteiger partial charge in [-0.1, -0.05) is 38.1 Å². The first kappa shape index (κ1) is 32.3. The molecule has 238 valence electrons. The van der Waals surface area contributed by atoms with E-state index in [1.807, 2.05) is 50.4 Å². The van der Waals surface area contributed by atoms with Crippen molar-refractivity contribution in [2.45, 2.75) is 64.0 Å². The first-order valence-corrected chi connectivity index (χ1v) is 16.5. The third-order valence-electron chi connectivity index (χ3n) is 8.04. The summed E-state index contributed by atoms with van der Waals surface area (Å²) in [5.41, 5.74) is 10.0. The van der Waals surface area contributed by atoms with E-state index in [4.69, 9.17) is 15.2 Å². The molecular weight excluding hydrogens is 592 g/mol. The van der Waals surface area contributed by atoms with Gasteiger partial charge in [-0.15, -0.1) is 0 Å². The van der Waals surface area contributed by atoms with Crippen LogP contribution in [0.3, 0.4) is 0 Å². The maximum absolute atomic E-state index is 13.6. The highest BCUT2D eigenvalue weighted by Crippen LogP contribution is 2.56. The lowest BCUT2D eigenvalue weighted by Gasteiger charge is -2.37. The number of carbonyl (C=O) groups excluding carboxylic acids is 3. The number of carbonyl (C=O) groups is 3. The first-order valence-electron chi connectivity index (χ1n) is 15.1. The second-order valence-corrected chi connectivity index (χ2v) is 12.9. The number of amides is 3. The largest absolute Gasteiger partial charge is 0.456 e. The predicted molar refractivity (Wildman–Crippen MR) is 175 cm³/mol. The number of benzene rings is 3. The van der Waals surface area contributed by atoms with Crippen LogP contribution in [0.1, 0.15) is 55.9 Å². The Morgan fingerprint density at radius 3 is 2.31 bits per heavy atom. The van der Waals surface area contributed by atoms with Crippen molar-refractivity contribution >= 4 is 40.9 Å². The van der Waals surface area contributed by atoms with Crippen LogP contribution in [0.2, 0.25) is 0 Å². The van der Waals surface area contributed by atoms with Crippen LogP contribution in [0.15, 0.2) is 60.7 Å². The molecule has 2 aliphatic heterocycles. The number of nitrogens with one attached hydrogen (secondary N) is 3. The van der Waals surface area contributed by atoms with Crippen LogP contribution in [0.4, 0.5) is 11.4 Å². The summed E-state index contributed by atoms with van der Waals surface area (Å²) in [6.45, 7) is 5.63. The van der Waals surface area contributed by atoms with Crippen LogP contribution in [0.5, 0.6) is 11.5 Å². The SMILES string of the molecule is CSCC[C@H](NC(=O)[C@H](CC(C)C)NC(=O)C(C)O)C(=O)Nc1ccc2c(c1)Oc1cc(N)ccc1C21OCc2ccccc21. The van der Waals surface area contributed by atoms with Crippen LogP contribution in [-0.2, 0) is 31.3 Å². The van der Waals surface area contributed by atoms with Gasteiger partial charge in [-0.3, -0.25) is 14.4 Å². The van der Waals surface area contributed by atoms with Gasteiger partial charge in [0, 0.05) is 34.6 Å². The zero-order chi connectivity index (χ0) is 32.3. The Balaban J connectivity index is 1.41. The standard InChI is InChI=1S/C34H40N4O6S/c1-19(2)15-28(38-31(40)20(3)39)33(42)37-27(13-14-45-4)32(41)36-23-10-12-26-30(17-23)44-29-16-22(35)9-11-25(29)34(26)24-8-6-5-7-21(24)18-43-34/h5-12,16-17,19-20,27-28,39H,13-15,18,35H2,1-4H3,(H,36,41)(H,37,42)(H,38,40)/t20?,27-,28-,34?/m0/s1. The van der Waals surface area contributed by atoms with E-state index in [1.165, 1.54) is 6.92 Å². The molecule has 2 heterocycles. The molecule has 0 saturated heterocycles. The Morgan fingerprint density at radius 2 is 1.60 bits per heavy atom. The van der Waals surface area contributed by atoms with Gasteiger partial charge < -0.3 is 36.3 Å². The normalized spacial score (nSPS) is 18.2. The lowest BCUT2D eigenvalue weighted by Crippen LogP contribution is -2.54. The third-order valence-corrected chi connectivity index (χ3v) is 8.68. The predicted octanol–water partition coefficient (Wildman–Crippen LogP) is 4.28. The Labute approximate surface area is 267 Å². The van der Waals surface area contributed by atoms with E-state index >= 15 is 0 Å². The minimum absolute atomic E-state index is 0.0867. The molecule has 0 saturated carbocycles. The smallest absolute Gasteiger partial charge is 0.249 e. The summed E-state index contributed by atoms with van der Waals surface area (Å²) < 4.78 is 12.9. The molecule has 3 aromatic rings. The second kappa shape index (κ2) is 13.5. The van der Waals surface area contributed by atoms with Gasteiger partial charge in [0.15, 0.2) is 5.60 Å². The number of hydrogen-bond donors (Lipinski definition) is 5. The quantitative estimate of drug-likeness (QED) is 0.197. The van der Waals surface area contributed by atoms with Gasteiger partial charge in [-0.05, 0) is 73.1 Å². The van der Waals surface area contributed by atoms with Gasteiger partial charge in [0.1, 0.15) is 29.7 Å². The highest BCUT2D eigenvalue weighted by molar-refractivity contribution is 7.98. The number of thioether (sulfide) groups is 1. The van der Waals surface area contributed by atoms with Crippen LogP contribution >= 0.6 is 11.8 Å². The minimum Gasteiger partial charge on any atom is -0.456 e. The molecule has 4 atom stereocenters. The third kappa shape index (κ3) is 6.66. The van der Waals surface area contributed by atoms with E-state index in [-0.39, 0.29) is 5.92 Å². The van der Waals surface area contributed by atoms with Gasteiger partial charge in [0.05, 0.1) is 6.61 Å². The van der Waals surface area contributed by atoms with Crippen LogP contribution in [0.25, 0.3) is 0 Å². The highest BCUT2D eigenvalue weighted by Gasteiger charge is 2.49. The van der Waals surface area contributed by atoms with Gasteiger partial charge in [-0.25, -0.2) is 0 Å². The molecule has 3 aromatic carbocycles. The minimum atomic E-state index is -1.26. The molecule has 2 unspecified atom stereocenters. The molecule has 6 N–H and O–H groups in total. The number of ether oxygens (including phenoxy) is 2. The van der Waals surface area contributed by atoms with Crippen LogP contribution in [-0.4, -0.2) is 53.0 Å². The zero-order valence-corrected chi connectivity index (χ0v) is 26.7. The summed E-state index contributed by atoms with van der Waals surface area (Å²) in [6, 6.07) is 17.3. The van der Waals surface area contributed by atoms with Gasteiger partial charge in [0.2, 0.25) is 17.7 Å². The summed E-state index contributed by atoms with van der Waals surface area (Å²) in [5, 5.41) is 18.0. The highest BCUT2D eigenvalue weighted by atomic mass is 32.2.